The number of pyridine rings is 2. The molecule has 0 aromatic carbocycles. The second kappa shape index (κ2) is 6.28. The molecule has 0 bridgehead atoms. The molecule has 0 amide bonds. The van der Waals surface area contributed by atoms with Gasteiger partial charge in [-0.25, -0.2) is 0 Å². The second-order valence-electron chi connectivity index (χ2n) is 4.76. The van der Waals surface area contributed by atoms with Gasteiger partial charge in [-0.3, -0.25) is 14.8 Å². The summed E-state index contributed by atoms with van der Waals surface area (Å²) in [6.07, 6.45) is 4.08. The molecule has 4 nitrogen and oxygen atoms in total. The number of hydrogen-bond acceptors (Lipinski definition) is 4. The third-order valence-corrected chi connectivity index (χ3v) is 3.22. The van der Waals surface area contributed by atoms with Crippen molar-refractivity contribution >= 4 is 5.78 Å². The molecule has 0 saturated heterocycles. The summed E-state index contributed by atoms with van der Waals surface area (Å²) in [7, 11) is 1.63. The van der Waals surface area contributed by atoms with Gasteiger partial charge in [0.05, 0.1) is 12.8 Å². The van der Waals surface area contributed by atoms with Crippen molar-refractivity contribution in [3.05, 3.63) is 53.1 Å². The van der Waals surface area contributed by atoms with Gasteiger partial charge in [-0.1, -0.05) is 6.07 Å². The first kappa shape index (κ1) is 14.2. The zero-order chi connectivity index (χ0) is 14.5. The Kier molecular flexibility index (Phi) is 4.45. The summed E-state index contributed by atoms with van der Waals surface area (Å²) < 4.78 is 5.35. The zero-order valence-corrected chi connectivity index (χ0v) is 12.0. The Morgan fingerprint density at radius 3 is 2.65 bits per heavy atom. The van der Waals surface area contributed by atoms with Crippen LogP contribution in [0.3, 0.4) is 0 Å². The van der Waals surface area contributed by atoms with Gasteiger partial charge in [-0.2, -0.15) is 0 Å². The predicted octanol–water partition coefficient (Wildman–Crippen LogP) is 2.46. The van der Waals surface area contributed by atoms with Crippen molar-refractivity contribution < 1.29 is 9.53 Å². The third kappa shape index (κ3) is 3.20. The number of nitrogens with zero attached hydrogens (tertiary/aromatic N) is 2. The van der Waals surface area contributed by atoms with Crippen molar-refractivity contribution in [1.29, 1.82) is 0 Å². The molecular formula is C16H18N2O2. The molecule has 0 aliphatic rings. The van der Waals surface area contributed by atoms with Crippen molar-refractivity contribution in [3.63, 3.8) is 0 Å². The van der Waals surface area contributed by atoms with E-state index in [0.717, 1.165) is 28.3 Å². The highest BCUT2D eigenvalue weighted by atomic mass is 16.5. The first-order valence-corrected chi connectivity index (χ1v) is 6.52. The van der Waals surface area contributed by atoms with E-state index in [1.165, 1.54) is 0 Å². The standard InChI is InChI=1S/C16H18N2O2/c1-11-10-18-15(12(2)16(11)20-3)9-14(19)8-13-6-4-5-7-17-13/h4-7,10H,8-9H2,1-3H3. The SMILES string of the molecule is COc1c(C)cnc(CC(=O)Cc2ccccn2)c1C. The number of hydrogen-bond donors (Lipinski definition) is 0. The Balaban J connectivity index is 2.12. The van der Waals surface area contributed by atoms with E-state index < -0.39 is 0 Å². The molecule has 2 heterocycles. The van der Waals surface area contributed by atoms with Crippen LogP contribution in [0, 0.1) is 13.8 Å². The number of ether oxygens (including phenoxy) is 1. The average Bonchev–Trinajstić information content (AvgIpc) is 2.44. The van der Waals surface area contributed by atoms with Gasteiger partial charge in [0, 0.05) is 42.1 Å². The Morgan fingerprint density at radius 2 is 2.00 bits per heavy atom. The predicted molar refractivity (Wildman–Crippen MR) is 76.9 cm³/mol. The van der Waals surface area contributed by atoms with Gasteiger partial charge in [0.25, 0.3) is 0 Å². The van der Waals surface area contributed by atoms with Crippen LogP contribution in [0.4, 0.5) is 0 Å². The summed E-state index contributed by atoms with van der Waals surface area (Å²) in [6.45, 7) is 3.88. The number of carbonyl (C=O) groups excluding carboxylic acids is 1. The third-order valence-electron chi connectivity index (χ3n) is 3.22. The monoisotopic (exact) mass is 270 g/mol. The van der Waals surface area contributed by atoms with Gasteiger partial charge >= 0.3 is 0 Å². The fourth-order valence-corrected chi connectivity index (χ4v) is 2.20. The number of methoxy groups -OCH3 is 1. The smallest absolute Gasteiger partial charge is 0.144 e. The van der Waals surface area contributed by atoms with Crippen LogP contribution in [0.25, 0.3) is 0 Å². The second-order valence-corrected chi connectivity index (χ2v) is 4.76. The van der Waals surface area contributed by atoms with Crippen LogP contribution in [0.2, 0.25) is 0 Å². The molecular weight excluding hydrogens is 252 g/mol. The topological polar surface area (TPSA) is 52.1 Å². The van der Waals surface area contributed by atoms with Crippen molar-refractivity contribution in [2.24, 2.45) is 0 Å². The molecule has 104 valence electrons. The van der Waals surface area contributed by atoms with Gasteiger partial charge < -0.3 is 4.74 Å². The maximum absolute atomic E-state index is 12.1. The van der Waals surface area contributed by atoms with Crippen molar-refractivity contribution in [3.8, 4) is 5.75 Å². The molecule has 2 aromatic rings. The molecule has 0 aliphatic heterocycles. The molecule has 0 N–H and O–H groups in total. The molecule has 2 rings (SSSR count). The fraction of sp³-hybridized carbons (Fsp3) is 0.312. The normalized spacial score (nSPS) is 10.3. The van der Waals surface area contributed by atoms with E-state index in [0.29, 0.717) is 12.8 Å². The number of Topliss-reactive ketones (excluding diaryl/α,β-unsaturated/α-hetero) is 1. The highest BCUT2D eigenvalue weighted by Crippen LogP contribution is 2.24. The van der Waals surface area contributed by atoms with Gasteiger partial charge in [0.2, 0.25) is 0 Å². The van der Waals surface area contributed by atoms with Crippen LogP contribution in [-0.4, -0.2) is 22.9 Å². The summed E-state index contributed by atoms with van der Waals surface area (Å²) in [5.41, 5.74) is 3.47. The molecule has 20 heavy (non-hydrogen) atoms. The maximum atomic E-state index is 12.1. The summed E-state index contributed by atoms with van der Waals surface area (Å²) >= 11 is 0. The molecule has 0 radical (unpaired) electrons. The number of carbonyl (C=O) groups is 1. The number of aryl methyl sites for hydroxylation is 1. The van der Waals surface area contributed by atoms with Crippen molar-refractivity contribution in [2.45, 2.75) is 26.7 Å². The van der Waals surface area contributed by atoms with Gasteiger partial charge in [-0.15, -0.1) is 0 Å². The summed E-state index contributed by atoms with van der Waals surface area (Å²) in [5, 5.41) is 0. The van der Waals surface area contributed by atoms with Crippen molar-refractivity contribution in [1.82, 2.24) is 9.97 Å². The lowest BCUT2D eigenvalue weighted by Crippen LogP contribution is -2.11. The minimum Gasteiger partial charge on any atom is -0.496 e. The number of rotatable bonds is 5. The van der Waals surface area contributed by atoms with Gasteiger partial charge in [0.15, 0.2) is 0 Å². The van der Waals surface area contributed by atoms with E-state index in [9.17, 15) is 4.79 Å². The lowest BCUT2D eigenvalue weighted by atomic mass is 10.0. The molecule has 0 atom stereocenters. The summed E-state index contributed by atoms with van der Waals surface area (Å²) in [6, 6.07) is 5.58. The van der Waals surface area contributed by atoms with Crippen LogP contribution in [0.15, 0.2) is 30.6 Å². The first-order valence-electron chi connectivity index (χ1n) is 6.52. The Hall–Kier alpha value is -2.23. The average molecular weight is 270 g/mol. The largest absolute Gasteiger partial charge is 0.496 e. The molecule has 4 heteroatoms. The van der Waals surface area contributed by atoms with E-state index in [2.05, 4.69) is 9.97 Å². The number of ketones is 1. The molecule has 0 unspecified atom stereocenters. The van der Waals surface area contributed by atoms with Gasteiger partial charge in [0.1, 0.15) is 11.5 Å². The quantitative estimate of drug-likeness (QED) is 0.837. The highest BCUT2D eigenvalue weighted by molar-refractivity contribution is 5.82. The molecule has 2 aromatic heterocycles. The minimum absolute atomic E-state index is 0.102. The van der Waals surface area contributed by atoms with Crippen LogP contribution < -0.4 is 4.74 Å². The molecule has 0 spiro atoms. The van der Waals surface area contributed by atoms with Crippen LogP contribution in [0.5, 0.6) is 5.75 Å². The molecule has 0 aliphatic carbocycles. The van der Waals surface area contributed by atoms with Gasteiger partial charge in [-0.05, 0) is 26.0 Å². The Bertz CT molecular complexity index is 609. The lowest BCUT2D eigenvalue weighted by Gasteiger charge is -2.11. The lowest BCUT2D eigenvalue weighted by molar-refractivity contribution is -0.117. The molecule has 0 fully saturated rings. The van der Waals surface area contributed by atoms with Crippen LogP contribution in [-0.2, 0) is 17.6 Å². The van der Waals surface area contributed by atoms with E-state index >= 15 is 0 Å². The fourth-order valence-electron chi connectivity index (χ4n) is 2.20. The maximum Gasteiger partial charge on any atom is 0.144 e. The zero-order valence-electron chi connectivity index (χ0n) is 12.0. The van der Waals surface area contributed by atoms with E-state index in [-0.39, 0.29) is 5.78 Å². The van der Waals surface area contributed by atoms with Crippen LogP contribution in [0.1, 0.15) is 22.5 Å². The van der Waals surface area contributed by atoms with Crippen molar-refractivity contribution in [2.75, 3.05) is 7.11 Å². The Labute approximate surface area is 118 Å². The van der Waals surface area contributed by atoms with E-state index in [4.69, 9.17) is 4.74 Å². The van der Waals surface area contributed by atoms with E-state index in [1.54, 1.807) is 19.5 Å². The number of aromatic nitrogens is 2. The minimum atomic E-state index is 0.102. The highest BCUT2D eigenvalue weighted by Gasteiger charge is 2.13. The van der Waals surface area contributed by atoms with E-state index in [1.807, 2.05) is 32.0 Å². The van der Waals surface area contributed by atoms with Crippen LogP contribution >= 0.6 is 0 Å². The first-order chi connectivity index (χ1) is 9.61. The summed E-state index contributed by atoms with van der Waals surface area (Å²) in [5.74, 6) is 0.908. The Morgan fingerprint density at radius 1 is 1.20 bits per heavy atom. The molecule has 0 saturated carbocycles. The summed E-state index contributed by atoms with van der Waals surface area (Å²) in [4.78, 5) is 20.6.